The third-order valence-electron chi connectivity index (χ3n) is 2.15. The van der Waals surface area contributed by atoms with Gasteiger partial charge in [0.25, 0.3) is 5.91 Å². The van der Waals surface area contributed by atoms with Gasteiger partial charge in [0.1, 0.15) is 0 Å². The zero-order chi connectivity index (χ0) is 13.5. The molecule has 0 saturated carbocycles. The van der Waals surface area contributed by atoms with Crippen LogP contribution in [0.4, 0.5) is 16.2 Å². The predicted octanol–water partition coefficient (Wildman–Crippen LogP) is 1.25. The molecule has 18 heavy (non-hydrogen) atoms. The van der Waals surface area contributed by atoms with E-state index in [2.05, 4.69) is 16.6 Å². The van der Waals surface area contributed by atoms with Crippen LogP contribution in [0.5, 0.6) is 0 Å². The quantitative estimate of drug-likeness (QED) is 0.539. The van der Waals surface area contributed by atoms with Crippen LogP contribution in [0.25, 0.3) is 0 Å². The fourth-order valence-corrected chi connectivity index (χ4v) is 1.32. The predicted molar refractivity (Wildman–Crippen MR) is 68.8 cm³/mol. The van der Waals surface area contributed by atoms with Gasteiger partial charge in [0.05, 0.1) is 11.4 Å². The molecule has 0 bridgehead atoms. The molecule has 5 N–H and O–H groups in total. The standard InChI is InChI=1S/C12H15N3O3/c1-2-5-10(18-12(14)17)11(16)15-9-7-4-3-6-8(9)13/h2-4,6-7,10H,1,5,13H2,(H2,14,17)(H,15,16)/t10-/m0/s1. The Morgan fingerprint density at radius 2 is 2.11 bits per heavy atom. The number of nitrogen functional groups attached to an aromatic ring is 1. The summed E-state index contributed by atoms with van der Waals surface area (Å²) in [5.41, 5.74) is 11.4. The molecule has 0 aliphatic heterocycles. The summed E-state index contributed by atoms with van der Waals surface area (Å²) in [5.74, 6) is -0.508. The van der Waals surface area contributed by atoms with Gasteiger partial charge < -0.3 is 21.5 Å². The zero-order valence-electron chi connectivity index (χ0n) is 9.76. The van der Waals surface area contributed by atoms with Crippen LogP contribution < -0.4 is 16.8 Å². The van der Waals surface area contributed by atoms with Crippen LogP contribution in [0, 0.1) is 0 Å². The Morgan fingerprint density at radius 1 is 1.44 bits per heavy atom. The Hall–Kier alpha value is -2.50. The van der Waals surface area contributed by atoms with E-state index in [1.54, 1.807) is 24.3 Å². The maximum atomic E-state index is 11.8. The average molecular weight is 249 g/mol. The molecule has 2 amide bonds. The summed E-state index contributed by atoms with van der Waals surface area (Å²) in [7, 11) is 0. The fraction of sp³-hybridized carbons (Fsp3) is 0.167. The van der Waals surface area contributed by atoms with Crippen molar-refractivity contribution in [3.05, 3.63) is 36.9 Å². The molecule has 6 heteroatoms. The normalized spacial score (nSPS) is 11.3. The molecule has 0 aliphatic rings. The van der Waals surface area contributed by atoms with Crippen LogP contribution in [0.2, 0.25) is 0 Å². The van der Waals surface area contributed by atoms with E-state index in [9.17, 15) is 9.59 Å². The molecule has 0 aromatic heterocycles. The minimum atomic E-state index is -1.02. The zero-order valence-corrected chi connectivity index (χ0v) is 9.76. The van der Waals surface area contributed by atoms with E-state index < -0.39 is 18.1 Å². The molecule has 0 radical (unpaired) electrons. The van der Waals surface area contributed by atoms with E-state index in [1.165, 1.54) is 6.08 Å². The Morgan fingerprint density at radius 3 is 2.67 bits per heavy atom. The number of ether oxygens (including phenoxy) is 1. The first-order valence-electron chi connectivity index (χ1n) is 5.27. The number of primary amides is 1. The Labute approximate surface area is 105 Å². The van der Waals surface area contributed by atoms with Crippen molar-refractivity contribution >= 4 is 23.4 Å². The number of amides is 2. The van der Waals surface area contributed by atoms with Gasteiger partial charge in [-0.1, -0.05) is 18.2 Å². The van der Waals surface area contributed by atoms with Crippen molar-refractivity contribution < 1.29 is 14.3 Å². The number of benzene rings is 1. The lowest BCUT2D eigenvalue weighted by Gasteiger charge is -2.15. The van der Waals surface area contributed by atoms with Crippen molar-refractivity contribution in [2.24, 2.45) is 5.73 Å². The van der Waals surface area contributed by atoms with Gasteiger partial charge in [0.15, 0.2) is 6.10 Å². The molecule has 0 heterocycles. The summed E-state index contributed by atoms with van der Waals surface area (Å²) >= 11 is 0. The highest BCUT2D eigenvalue weighted by Crippen LogP contribution is 2.17. The lowest BCUT2D eigenvalue weighted by molar-refractivity contribution is -0.123. The van der Waals surface area contributed by atoms with Crippen LogP contribution >= 0.6 is 0 Å². The van der Waals surface area contributed by atoms with Crippen molar-refractivity contribution in [3.8, 4) is 0 Å². The fourth-order valence-electron chi connectivity index (χ4n) is 1.32. The molecule has 0 fully saturated rings. The van der Waals surface area contributed by atoms with E-state index >= 15 is 0 Å². The molecule has 1 rings (SSSR count). The van der Waals surface area contributed by atoms with Crippen molar-refractivity contribution in [2.75, 3.05) is 11.1 Å². The summed E-state index contributed by atoms with van der Waals surface area (Å²) in [5, 5.41) is 2.56. The van der Waals surface area contributed by atoms with Gasteiger partial charge in [-0.05, 0) is 12.1 Å². The van der Waals surface area contributed by atoms with Gasteiger partial charge >= 0.3 is 6.09 Å². The molecule has 1 aromatic rings. The molecule has 0 aliphatic carbocycles. The van der Waals surface area contributed by atoms with E-state index in [0.29, 0.717) is 11.4 Å². The van der Waals surface area contributed by atoms with Crippen molar-refractivity contribution in [3.63, 3.8) is 0 Å². The molecular formula is C12H15N3O3. The van der Waals surface area contributed by atoms with Gasteiger partial charge in [-0.25, -0.2) is 4.79 Å². The topological polar surface area (TPSA) is 107 Å². The number of rotatable bonds is 5. The van der Waals surface area contributed by atoms with E-state index in [4.69, 9.17) is 11.5 Å². The van der Waals surface area contributed by atoms with E-state index in [1.807, 2.05) is 0 Å². The third-order valence-corrected chi connectivity index (χ3v) is 2.15. The number of para-hydroxylation sites is 2. The number of hydrogen-bond acceptors (Lipinski definition) is 4. The van der Waals surface area contributed by atoms with Crippen molar-refractivity contribution in [2.45, 2.75) is 12.5 Å². The van der Waals surface area contributed by atoms with E-state index in [0.717, 1.165) is 0 Å². The number of anilines is 2. The maximum Gasteiger partial charge on any atom is 0.405 e. The molecule has 0 unspecified atom stereocenters. The Kier molecular flexibility index (Phi) is 4.74. The van der Waals surface area contributed by atoms with Gasteiger partial charge in [-0.15, -0.1) is 6.58 Å². The highest BCUT2D eigenvalue weighted by molar-refractivity contribution is 5.97. The first kappa shape index (κ1) is 13.6. The average Bonchev–Trinajstić information content (AvgIpc) is 2.31. The lowest BCUT2D eigenvalue weighted by Crippen LogP contribution is -2.34. The molecule has 0 spiro atoms. The van der Waals surface area contributed by atoms with Crippen LogP contribution in [0.3, 0.4) is 0 Å². The van der Waals surface area contributed by atoms with Crippen molar-refractivity contribution in [1.29, 1.82) is 0 Å². The van der Waals surface area contributed by atoms with Gasteiger partial charge in [0.2, 0.25) is 0 Å². The molecule has 1 atom stereocenters. The van der Waals surface area contributed by atoms with Gasteiger partial charge in [0, 0.05) is 6.42 Å². The van der Waals surface area contributed by atoms with Crippen LogP contribution in [-0.4, -0.2) is 18.1 Å². The number of hydrogen-bond donors (Lipinski definition) is 3. The number of nitrogens with two attached hydrogens (primary N) is 2. The summed E-state index contributed by atoms with van der Waals surface area (Å²) in [6.07, 6.45) is -0.402. The smallest absolute Gasteiger partial charge is 0.405 e. The van der Waals surface area contributed by atoms with Gasteiger partial charge in [-0.3, -0.25) is 4.79 Å². The summed E-state index contributed by atoms with van der Waals surface area (Å²) in [6, 6.07) is 6.76. The number of nitrogens with one attached hydrogen (secondary N) is 1. The van der Waals surface area contributed by atoms with E-state index in [-0.39, 0.29) is 6.42 Å². The minimum absolute atomic E-state index is 0.168. The lowest BCUT2D eigenvalue weighted by atomic mass is 10.2. The Bertz CT molecular complexity index is 460. The Balaban J connectivity index is 2.75. The summed E-state index contributed by atoms with van der Waals surface area (Å²) in [4.78, 5) is 22.5. The second-order valence-electron chi connectivity index (χ2n) is 3.53. The maximum absolute atomic E-state index is 11.8. The van der Waals surface area contributed by atoms with Crippen LogP contribution in [0.1, 0.15) is 6.42 Å². The summed E-state index contributed by atoms with van der Waals surface area (Å²) < 4.78 is 4.68. The SMILES string of the molecule is C=CC[C@H](OC(N)=O)C(=O)Nc1ccccc1N. The van der Waals surface area contributed by atoms with Crippen molar-refractivity contribution in [1.82, 2.24) is 0 Å². The second-order valence-corrected chi connectivity index (χ2v) is 3.53. The summed E-state index contributed by atoms with van der Waals surface area (Å²) in [6.45, 7) is 3.48. The molecule has 1 aromatic carbocycles. The highest BCUT2D eigenvalue weighted by Gasteiger charge is 2.21. The molecule has 6 nitrogen and oxygen atoms in total. The monoisotopic (exact) mass is 249 g/mol. The number of carbonyl (C=O) groups excluding carboxylic acids is 2. The molecule has 0 saturated heterocycles. The van der Waals surface area contributed by atoms with Crippen LogP contribution in [0.15, 0.2) is 36.9 Å². The first-order chi connectivity index (χ1) is 8.54. The van der Waals surface area contributed by atoms with Crippen LogP contribution in [-0.2, 0) is 9.53 Å². The minimum Gasteiger partial charge on any atom is -0.436 e. The number of carbonyl (C=O) groups is 2. The first-order valence-corrected chi connectivity index (χ1v) is 5.27. The van der Waals surface area contributed by atoms with Gasteiger partial charge in [-0.2, -0.15) is 0 Å². The highest BCUT2D eigenvalue weighted by atomic mass is 16.6. The third kappa shape index (κ3) is 3.82. The largest absolute Gasteiger partial charge is 0.436 e. The second kappa shape index (κ2) is 6.29. The molecular weight excluding hydrogens is 234 g/mol. The molecule has 96 valence electrons.